The van der Waals surface area contributed by atoms with E-state index in [2.05, 4.69) is 11.4 Å². The molecule has 0 radical (unpaired) electrons. The highest BCUT2D eigenvalue weighted by Gasteiger charge is 2.21. The lowest BCUT2D eigenvalue weighted by atomic mass is 9.94. The molecule has 3 rings (SSSR count). The number of ketones is 1. The summed E-state index contributed by atoms with van der Waals surface area (Å²) < 4.78 is 5.16. The molecule has 3 aromatic carbocycles. The first-order chi connectivity index (χ1) is 15.4. The summed E-state index contributed by atoms with van der Waals surface area (Å²) in [6.45, 7) is 3.24. The summed E-state index contributed by atoms with van der Waals surface area (Å²) in [5.41, 5.74) is 3.95. The summed E-state index contributed by atoms with van der Waals surface area (Å²) in [6, 6.07) is 20.8. The molecule has 160 valence electrons. The van der Waals surface area contributed by atoms with Gasteiger partial charge in [-0.05, 0) is 49.2 Å². The van der Waals surface area contributed by atoms with E-state index < -0.39 is 18.5 Å². The second-order valence-electron chi connectivity index (χ2n) is 7.35. The van der Waals surface area contributed by atoms with E-state index in [0.29, 0.717) is 11.3 Å². The van der Waals surface area contributed by atoms with Crippen LogP contribution in [0.2, 0.25) is 0 Å². The molecule has 0 fully saturated rings. The molecule has 6 nitrogen and oxygen atoms in total. The maximum atomic E-state index is 13.1. The molecule has 0 bridgehead atoms. The SMILES string of the molecule is Cc1ccc(C)c(C(=O)c2ccccc2C(=O)OCC(=O)Nc2ccc(CC#N)cc2)c1. The molecule has 32 heavy (non-hydrogen) atoms. The third kappa shape index (κ3) is 5.46. The van der Waals surface area contributed by atoms with Crippen molar-refractivity contribution in [3.8, 4) is 6.07 Å². The zero-order valence-electron chi connectivity index (χ0n) is 17.8. The second kappa shape index (κ2) is 10.2. The quantitative estimate of drug-likeness (QED) is 0.446. The Bertz CT molecular complexity index is 1210. The van der Waals surface area contributed by atoms with Crippen LogP contribution in [0.1, 0.15) is 43.0 Å². The second-order valence-corrected chi connectivity index (χ2v) is 7.35. The zero-order valence-corrected chi connectivity index (χ0v) is 17.8. The number of carbonyl (C=O) groups excluding carboxylic acids is 3. The predicted octanol–water partition coefficient (Wildman–Crippen LogP) is 4.40. The van der Waals surface area contributed by atoms with E-state index in [0.717, 1.165) is 16.7 Å². The Labute approximate surface area is 186 Å². The molecule has 0 heterocycles. The summed E-state index contributed by atoms with van der Waals surface area (Å²) in [4.78, 5) is 37.9. The Hall–Kier alpha value is -4.24. The van der Waals surface area contributed by atoms with E-state index in [4.69, 9.17) is 10.00 Å². The Morgan fingerprint density at radius 2 is 1.59 bits per heavy atom. The van der Waals surface area contributed by atoms with Crippen molar-refractivity contribution < 1.29 is 19.1 Å². The number of aryl methyl sites for hydroxylation is 2. The van der Waals surface area contributed by atoms with Crippen molar-refractivity contribution in [2.24, 2.45) is 0 Å². The highest BCUT2D eigenvalue weighted by molar-refractivity contribution is 6.15. The van der Waals surface area contributed by atoms with Crippen molar-refractivity contribution in [1.82, 2.24) is 0 Å². The van der Waals surface area contributed by atoms with Gasteiger partial charge in [0.05, 0.1) is 18.1 Å². The summed E-state index contributed by atoms with van der Waals surface area (Å²) in [7, 11) is 0. The Balaban J connectivity index is 1.68. The number of esters is 1. The average molecular weight is 426 g/mol. The maximum Gasteiger partial charge on any atom is 0.339 e. The summed E-state index contributed by atoms with van der Waals surface area (Å²) in [5.74, 6) is -1.54. The fraction of sp³-hybridized carbons (Fsp3) is 0.154. The smallest absolute Gasteiger partial charge is 0.339 e. The van der Waals surface area contributed by atoms with Crippen LogP contribution >= 0.6 is 0 Å². The minimum Gasteiger partial charge on any atom is -0.452 e. The van der Waals surface area contributed by atoms with Gasteiger partial charge in [-0.2, -0.15) is 5.26 Å². The lowest BCUT2D eigenvalue weighted by Crippen LogP contribution is -2.22. The van der Waals surface area contributed by atoms with Crippen molar-refractivity contribution in [2.45, 2.75) is 20.3 Å². The Morgan fingerprint density at radius 3 is 2.28 bits per heavy atom. The molecule has 6 heteroatoms. The molecule has 0 unspecified atom stereocenters. The molecular weight excluding hydrogens is 404 g/mol. The number of hydrogen-bond donors (Lipinski definition) is 1. The van der Waals surface area contributed by atoms with Crippen LogP contribution in [0, 0.1) is 25.2 Å². The fourth-order valence-corrected chi connectivity index (χ4v) is 3.19. The standard InChI is InChI=1S/C26H22N2O4/c1-17-7-8-18(2)23(15-17)25(30)21-5-3-4-6-22(21)26(31)32-16-24(29)28-20-11-9-19(10-12-20)13-14-27/h3-12,15H,13,16H2,1-2H3,(H,28,29). The largest absolute Gasteiger partial charge is 0.452 e. The number of benzene rings is 3. The van der Waals surface area contributed by atoms with Gasteiger partial charge in [0.25, 0.3) is 5.91 Å². The monoisotopic (exact) mass is 426 g/mol. The molecule has 0 aliphatic rings. The number of amides is 1. The molecular formula is C26H22N2O4. The van der Waals surface area contributed by atoms with Crippen molar-refractivity contribution in [3.05, 3.63) is 100 Å². The molecule has 0 aromatic heterocycles. The lowest BCUT2D eigenvalue weighted by molar-refractivity contribution is -0.119. The van der Waals surface area contributed by atoms with E-state index in [9.17, 15) is 14.4 Å². The van der Waals surface area contributed by atoms with Crippen LogP contribution in [-0.4, -0.2) is 24.3 Å². The lowest BCUT2D eigenvalue weighted by Gasteiger charge is -2.11. The number of rotatable bonds is 7. The summed E-state index contributed by atoms with van der Waals surface area (Å²) in [6.07, 6.45) is 0.284. The van der Waals surface area contributed by atoms with Crippen LogP contribution < -0.4 is 5.32 Å². The van der Waals surface area contributed by atoms with Crippen molar-refractivity contribution in [3.63, 3.8) is 0 Å². The predicted molar refractivity (Wildman–Crippen MR) is 120 cm³/mol. The fourth-order valence-electron chi connectivity index (χ4n) is 3.19. The number of carbonyl (C=O) groups is 3. The van der Waals surface area contributed by atoms with Gasteiger partial charge >= 0.3 is 5.97 Å². The molecule has 0 saturated carbocycles. The maximum absolute atomic E-state index is 13.1. The van der Waals surface area contributed by atoms with E-state index in [1.165, 1.54) is 6.07 Å². The van der Waals surface area contributed by atoms with Crippen LogP contribution in [0.4, 0.5) is 5.69 Å². The van der Waals surface area contributed by atoms with Crippen molar-refractivity contribution >= 4 is 23.3 Å². The van der Waals surface area contributed by atoms with Gasteiger partial charge in [-0.15, -0.1) is 0 Å². The van der Waals surface area contributed by atoms with Gasteiger partial charge in [-0.3, -0.25) is 9.59 Å². The van der Waals surface area contributed by atoms with Gasteiger partial charge in [0, 0.05) is 16.8 Å². The minimum absolute atomic E-state index is 0.104. The third-order valence-corrected chi connectivity index (χ3v) is 4.88. The zero-order chi connectivity index (χ0) is 23.1. The van der Waals surface area contributed by atoms with Crippen LogP contribution in [0.25, 0.3) is 0 Å². The van der Waals surface area contributed by atoms with Crippen molar-refractivity contribution in [1.29, 1.82) is 5.26 Å². The van der Waals surface area contributed by atoms with Gasteiger partial charge in [-0.1, -0.05) is 48.0 Å². The van der Waals surface area contributed by atoms with Crippen LogP contribution in [0.15, 0.2) is 66.7 Å². The Morgan fingerprint density at radius 1 is 0.906 bits per heavy atom. The molecule has 0 aliphatic carbocycles. The average Bonchev–Trinajstić information content (AvgIpc) is 2.80. The highest BCUT2D eigenvalue weighted by atomic mass is 16.5. The van der Waals surface area contributed by atoms with E-state index in [1.807, 2.05) is 26.0 Å². The minimum atomic E-state index is -0.751. The summed E-state index contributed by atoms with van der Waals surface area (Å²) >= 11 is 0. The van der Waals surface area contributed by atoms with Crippen LogP contribution in [0.5, 0.6) is 0 Å². The number of nitrogens with zero attached hydrogens (tertiary/aromatic N) is 1. The molecule has 0 spiro atoms. The van der Waals surface area contributed by atoms with Crippen LogP contribution in [-0.2, 0) is 16.0 Å². The molecule has 1 amide bonds. The third-order valence-electron chi connectivity index (χ3n) is 4.88. The normalized spacial score (nSPS) is 10.2. The molecule has 3 aromatic rings. The first kappa shape index (κ1) is 22.4. The van der Waals surface area contributed by atoms with Gasteiger partial charge in [0.1, 0.15) is 0 Å². The van der Waals surface area contributed by atoms with Gasteiger partial charge < -0.3 is 10.1 Å². The van der Waals surface area contributed by atoms with Crippen molar-refractivity contribution in [2.75, 3.05) is 11.9 Å². The number of hydrogen-bond acceptors (Lipinski definition) is 5. The first-order valence-electron chi connectivity index (χ1n) is 10.0. The van der Waals surface area contributed by atoms with Gasteiger partial charge in [0.15, 0.2) is 12.4 Å². The molecule has 1 N–H and O–H groups in total. The highest BCUT2D eigenvalue weighted by Crippen LogP contribution is 2.19. The molecule has 0 atom stereocenters. The van der Waals surface area contributed by atoms with E-state index in [1.54, 1.807) is 48.5 Å². The van der Waals surface area contributed by atoms with Gasteiger partial charge in [0.2, 0.25) is 0 Å². The number of ether oxygens (including phenoxy) is 1. The molecule has 0 saturated heterocycles. The summed E-state index contributed by atoms with van der Waals surface area (Å²) in [5, 5.41) is 11.3. The topological polar surface area (TPSA) is 96.3 Å². The number of nitriles is 1. The molecule has 0 aliphatic heterocycles. The number of nitrogens with one attached hydrogen (secondary N) is 1. The first-order valence-corrected chi connectivity index (χ1v) is 10.0. The van der Waals surface area contributed by atoms with E-state index in [-0.39, 0.29) is 23.3 Å². The number of anilines is 1. The van der Waals surface area contributed by atoms with Gasteiger partial charge in [-0.25, -0.2) is 4.79 Å². The van der Waals surface area contributed by atoms with Crippen LogP contribution in [0.3, 0.4) is 0 Å². The Kier molecular flexibility index (Phi) is 7.14. The van der Waals surface area contributed by atoms with E-state index >= 15 is 0 Å².